The molecule has 0 saturated carbocycles. The van der Waals surface area contributed by atoms with Crippen molar-refractivity contribution in [3.63, 3.8) is 0 Å². The zero-order valence-corrected chi connectivity index (χ0v) is 11.5. The zero-order valence-electron chi connectivity index (χ0n) is 11.5. The summed E-state index contributed by atoms with van der Waals surface area (Å²) in [5.41, 5.74) is 0.959. The summed E-state index contributed by atoms with van der Waals surface area (Å²) < 4.78 is 18.8. The first-order valence-electron chi connectivity index (χ1n) is 7.15. The second-order valence-electron chi connectivity index (χ2n) is 4.96. The Morgan fingerprint density at radius 3 is 3.05 bits per heavy atom. The zero-order chi connectivity index (χ0) is 13.5. The van der Waals surface area contributed by atoms with E-state index in [-0.39, 0.29) is 5.82 Å². The van der Waals surface area contributed by atoms with Gasteiger partial charge in [0.2, 0.25) is 0 Å². The van der Waals surface area contributed by atoms with Crippen LogP contribution in [-0.2, 0) is 6.54 Å². The lowest BCUT2D eigenvalue weighted by atomic mass is 10.1. The summed E-state index contributed by atoms with van der Waals surface area (Å²) in [4.78, 5) is 0. The number of hydrogen-bond donors (Lipinski definition) is 2. The summed E-state index contributed by atoms with van der Waals surface area (Å²) in [6.07, 6.45) is 3.70. The predicted octanol–water partition coefficient (Wildman–Crippen LogP) is 2.46. The van der Waals surface area contributed by atoms with Crippen LogP contribution in [0.4, 0.5) is 4.39 Å². The minimum Gasteiger partial charge on any atom is -0.491 e. The van der Waals surface area contributed by atoms with E-state index in [1.165, 1.54) is 12.8 Å². The van der Waals surface area contributed by atoms with Crippen LogP contribution in [0.15, 0.2) is 18.2 Å². The molecule has 2 rings (SSSR count). The molecule has 1 saturated heterocycles. The first-order chi connectivity index (χ1) is 9.29. The predicted molar refractivity (Wildman–Crippen MR) is 74.9 cm³/mol. The van der Waals surface area contributed by atoms with Crippen molar-refractivity contribution >= 4 is 0 Å². The van der Waals surface area contributed by atoms with Crippen molar-refractivity contribution in [3.05, 3.63) is 29.6 Å². The van der Waals surface area contributed by atoms with Crippen LogP contribution >= 0.6 is 0 Å². The number of rotatable bonds is 7. The monoisotopic (exact) mass is 266 g/mol. The van der Waals surface area contributed by atoms with Crippen molar-refractivity contribution in [2.24, 2.45) is 0 Å². The van der Waals surface area contributed by atoms with Gasteiger partial charge in [0.05, 0.1) is 6.61 Å². The Hall–Kier alpha value is -1.13. The number of hydrogen-bond acceptors (Lipinski definition) is 3. The summed E-state index contributed by atoms with van der Waals surface area (Å²) >= 11 is 0. The van der Waals surface area contributed by atoms with Gasteiger partial charge in [-0.15, -0.1) is 0 Å². The fourth-order valence-corrected chi connectivity index (χ4v) is 2.44. The molecule has 1 unspecified atom stereocenters. The van der Waals surface area contributed by atoms with Gasteiger partial charge in [0.15, 0.2) is 11.6 Å². The summed E-state index contributed by atoms with van der Waals surface area (Å²) in [6, 6.07) is 5.82. The second kappa shape index (κ2) is 7.46. The van der Waals surface area contributed by atoms with Gasteiger partial charge < -0.3 is 15.4 Å². The molecule has 1 aliphatic rings. The van der Waals surface area contributed by atoms with Crippen molar-refractivity contribution in [3.8, 4) is 5.75 Å². The first kappa shape index (κ1) is 14.3. The van der Waals surface area contributed by atoms with Crippen molar-refractivity contribution in [2.75, 3.05) is 19.7 Å². The van der Waals surface area contributed by atoms with Crippen LogP contribution in [0.1, 0.15) is 31.7 Å². The average molecular weight is 266 g/mol. The quantitative estimate of drug-likeness (QED) is 0.744. The van der Waals surface area contributed by atoms with E-state index in [2.05, 4.69) is 10.6 Å². The normalized spacial score (nSPS) is 18.7. The van der Waals surface area contributed by atoms with Gasteiger partial charge >= 0.3 is 0 Å². The van der Waals surface area contributed by atoms with Crippen LogP contribution in [0, 0.1) is 5.82 Å². The van der Waals surface area contributed by atoms with Gasteiger partial charge in [-0.1, -0.05) is 6.07 Å². The van der Waals surface area contributed by atoms with E-state index in [4.69, 9.17) is 4.74 Å². The number of ether oxygens (including phenoxy) is 1. The third-order valence-electron chi connectivity index (χ3n) is 3.46. The van der Waals surface area contributed by atoms with E-state index in [1.54, 1.807) is 12.1 Å². The Morgan fingerprint density at radius 1 is 1.47 bits per heavy atom. The molecular formula is C15H23FN2O. The second-order valence-corrected chi connectivity index (χ2v) is 4.96. The molecule has 0 bridgehead atoms. The molecule has 4 heteroatoms. The molecule has 0 amide bonds. The highest BCUT2D eigenvalue weighted by molar-refractivity contribution is 5.29. The molecule has 0 spiro atoms. The average Bonchev–Trinajstić information content (AvgIpc) is 2.91. The highest BCUT2D eigenvalue weighted by atomic mass is 19.1. The largest absolute Gasteiger partial charge is 0.491 e. The molecule has 1 atom stereocenters. The lowest BCUT2D eigenvalue weighted by Gasteiger charge is -2.11. The van der Waals surface area contributed by atoms with E-state index >= 15 is 0 Å². The lowest BCUT2D eigenvalue weighted by molar-refractivity contribution is 0.321. The van der Waals surface area contributed by atoms with Gasteiger partial charge in [-0.3, -0.25) is 0 Å². The fraction of sp³-hybridized carbons (Fsp3) is 0.600. The Kier molecular flexibility index (Phi) is 5.61. The molecule has 1 heterocycles. The summed E-state index contributed by atoms with van der Waals surface area (Å²) in [5.74, 6) is 0.0556. The molecule has 19 heavy (non-hydrogen) atoms. The van der Waals surface area contributed by atoms with Gasteiger partial charge in [0, 0.05) is 12.6 Å². The van der Waals surface area contributed by atoms with Crippen LogP contribution in [0.25, 0.3) is 0 Å². The SMILES string of the molecule is CCOc1ccc(CNCCC2CCCN2)cc1F. The molecule has 2 N–H and O–H groups in total. The summed E-state index contributed by atoms with van der Waals surface area (Å²) in [6.45, 7) is 5.16. The Labute approximate surface area is 114 Å². The molecule has 1 aromatic carbocycles. The van der Waals surface area contributed by atoms with Gasteiger partial charge in [0.25, 0.3) is 0 Å². The maximum atomic E-state index is 13.6. The van der Waals surface area contributed by atoms with Crippen molar-refractivity contribution in [2.45, 2.75) is 38.8 Å². The molecule has 3 nitrogen and oxygen atoms in total. The Bertz CT molecular complexity index is 392. The number of benzene rings is 1. The Balaban J connectivity index is 1.71. The van der Waals surface area contributed by atoms with E-state index < -0.39 is 0 Å². The molecule has 0 aromatic heterocycles. The molecule has 1 fully saturated rings. The third kappa shape index (κ3) is 4.48. The summed E-state index contributed by atoms with van der Waals surface area (Å²) in [7, 11) is 0. The van der Waals surface area contributed by atoms with Crippen molar-refractivity contribution in [1.29, 1.82) is 0 Å². The maximum Gasteiger partial charge on any atom is 0.165 e. The molecule has 0 radical (unpaired) electrons. The van der Waals surface area contributed by atoms with E-state index in [1.807, 2.05) is 13.0 Å². The van der Waals surface area contributed by atoms with Crippen molar-refractivity contribution in [1.82, 2.24) is 10.6 Å². The molecular weight excluding hydrogens is 243 g/mol. The molecule has 106 valence electrons. The van der Waals surface area contributed by atoms with Crippen LogP contribution < -0.4 is 15.4 Å². The smallest absolute Gasteiger partial charge is 0.165 e. The molecule has 1 aliphatic heterocycles. The van der Waals surface area contributed by atoms with E-state index in [0.717, 1.165) is 25.1 Å². The minimum absolute atomic E-state index is 0.279. The number of halogens is 1. The molecule has 0 aliphatic carbocycles. The fourth-order valence-electron chi connectivity index (χ4n) is 2.44. The van der Waals surface area contributed by atoms with E-state index in [0.29, 0.717) is 24.9 Å². The topological polar surface area (TPSA) is 33.3 Å². The van der Waals surface area contributed by atoms with Gasteiger partial charge in [-0.05, 0) is 57.0 Å². The molecule has 1 aromatic rings. The van der Waals surface area contributed by atoms with Crippen LogP contribution in [-0.4, -0.2) is 25.7 Å². The van der Waals surface area contributed by atoms with Crippen LogP contribution in [0.3, 0.4) is 0 Å². The maximum absolute atomic E-state index is 13.6. The first-order valence-corrected chi connectivity index (χ1v) is 7.15. The van der Waals surface area contributed by atoms with Crippen LogP contribution in [0.5, 0.6) is 5.75 Å². The highest BCUT2D eigenvalue weighted by Gasteiger charge is 2.12. The third-order valence-corrected chi connectivity index (χ3v) is 3.46. The standard InChI is InChI=1S/C15H23FN2O/c1-2-19-15-6-5-12(10-14(15)16)11-17-9-7-13-4-3-8-18-13/h5-6,10,13,17-18H,2-4,7-9,11H2,1H3. The number of nitrogens with one attached hydrogen (secondary N) is 2. The highest BCUT2D eigenvalue weighted by Crippen LogP contribution is 2.18. The lowest BCUT2D eigenvalue weighted by Crippen LogP contribution is -2.26. The van der Waals surface area contributed by atoms with E-state index in [9.17, 15) is 4.39 Å². The van der Waals surface area contributed by atoms with Gasteiger partial charge in [0.1, 0.15) is 0 Å². The minimum atomic E-state index is -0.279. The van der Waals surface area contributed by atoms with Gasteiger partial charge in [-0.25, -0.2) is 4.39 Å². The summed E-state index contributed by atoms with van der Waals surface area (Å²) in [5, 5.41) is 6.83. The van der Waals surface area contributed by atoms with Crippen LogP contribution in [0.2, 0.25) is 0 Å². The Morgan fingerprint density at radius 2 is 2.37 bits per heavy atom. The van der Waals surface area contributed by atoms with Crippen molar-refractivity contribution < 1.29 is 9.13 Å². The van der Waals surface area contributed by atoms with Gasteiger partial charge in [-0.2, -0.15) is 0 Å².